The Bertz CT molecular complexity index is 831. The van der Waals surface area contributed by atoms with Crippen LogP contribution in [0.3, 0.4) is 0 Å². The van der Waals surface area contributed by atoms with E-state index in [1.54, 1.807) is 0 Å². The number of hydrogen-bond acceptors (Lipinski definition) is 6. The van der Waals surface area contributed by atoms with Gasteiger partial charge in [0.05, 0.1) is 13.2 Å². The molecule has 2 aliphatic rings. The number of piperazine rings is 1. The van der Waals surface area contributed by atoms with Gasteiger partial charge in [-0.3, -0.25) is 4.79 Å². The van der Waals surface area contributed by atoms with Gasteiger partial charge in [-0.1, -0.05) is 15.9 Å². The van der Waals surface area contributed by atoms with E-state index in [1.165, 1.54) is 0 Å². The van der Waals surface area contributed by atoms with Crippen molar-refractivity contribution >= 4 is 33.5 Å². The second kappa shape index (κ2) is 8.45. The zero-order valence-corrected chi connectivity index (χ0v) is 17.6. The third kappa shape index (κ3) is 4.28. The van der Waals surface area contributed by atoms with Gasteiger partial charge in [-0.15, -0.1) is 0 Å². The van der Waals surface area contributed by atoms with E-state index >= 15 is 0 Å². The van der Waals surface area contributed by atoms with Crippen LogP contribution in [-0.4, -0.2) is 73.3 Å². The van der Waals surface area contributed by atoms with Crippen LogP contribution in [0.25, 0.3) is 0 Å². The standard InChI is InChI=1S/C20H24BrN5O2/c1-15-22-18(14-19(23-15)25-10-12-28-13-11-25)24-6-8-26(9-7-24)20(27)16-2-4-17(21)5-3-16/h2-5,14H,6-13H2,1H3. The van der Waals surface area contributed by atoms with Crippen LogP contribution in [-0.2, 0) is 4.74 Å². The average molecular weight is 446 g/mol. The van der Waals surface area contributed by atoms with E-state index in [9.17, 15) is 4.79 Å². The lowest BCUT2D eigenvalue weighted by Crippen LogP contribution is -2.49. The van der Waals surface area contributed by atoms with E-state index < -0.39 is 0 Å². The van der Waals surface area contributed by atoms with Gasteiger partial charge < -0.3 is 19.4 Å². The highest BCUT2D eigenvalue weighted by atomic mass is 79.9. The third-order valence-corrected chi connectivity index (χ3v) is 5.66. The summed E-state index contributed by atoms with van der Waals surface area (Å²) in [4.78, 5) is 28.4. The van der Waals surface area contributed by atoms with Crippen LogP contribution in [0.15, 0.2) is 34.8 Å². The molecule has 28 heavy (non-hydrogen) atoms. The maximum absolute atomic E-state index is 12.7. The number of hydrogen-bond donors (Lipinski definition) is 0. The molecule has 2 aliphatic heterocycles. The van der Waals surface area contributed by atoms with Gasteiger partial charge in [-0.25, -0.2) is 9.97 Å². The summed E-state index contributed by atoms with van der Waals surface area (Å²) in [5.41, 5.74) is 0.726. The largest absolute Gasteiger partial charge is 0.378 e. The lowest BCUT2D eigenvalue weighted by Gasteiger charge is -2.36. The first kappa shape index (κ1) is 19.1. The van der Waals surface area contributed by atoms with Crippen LogP contribution in [0.1, 0.15) is 16.2 Å². The number of aryl methyl sites for hydroxylation is 1. The summed E-state index contributed by atoms with van der Waals surface area (Å²) in [6.45, 7) is 8.00. The minimum atomic E-state index is 0.0834. The summed E-state index contributed by atoms with van der Waals surface area (Å²) in [6.07, 6.45) is 0. The van der Waals surface area contributed by atoms with Gasteiger partial charge in [0.1, 0.15) is 17.5 Å². The number of halogens is 1. The maximum atomic E-state index is 12.7. The lowest BCUT2D eigenvalue weighted by molar-refractivity contribution is 0.0746. The number of morpholine rings is 1. The zero-order chi connectivity index (χ0) is 19.5. The van der Waals surface area contributed by atoms with E-state index in [4.69, 9.17) is 4.74 Å². The van der Waals surface area contributed by atoms with E-state index in [1.807, 2.05) is 36.1 Å². The molecule has 148 valence electrons. The first-order chi connectivity index (χ1) is 13.6. The zero-order valence-electron chi connectivity index (χ0n) is 16.0. The molecule has 1 aromatic heterocycles. The topological polar surface area (TPSA) is 61.8 Å². The summed E-state index contributed by atoms with van der Waals surface area (Å²) in [6, 6.07) is 9.59. The van der Waals surface area contributed by atoms with Gasteiger partial charge in [0.25, 0.3) is 5.91 Å². The Morgan fingerprint density at radius 1 is 0.929 bits per heavy atom. The second-order valence-electron chi connectivity index (χ2n) is 7.02. The first-order valence-electron chi connectivity index (χ1n) is 9.58. The quantitative estimate of drug-likeness (QED) is 0.722. The lowest BCUT2D eigenvalue weighted by atomic mass is 10.2. The Labute approximate surface area is 173 Å². The predicted molar refractivity (Wildman–Crippen MR) is 112 cm³/mol. The Morgan fingerprint density at radius 3 is 2.11 bits per heavy atom. The van der Waals surface area contributed by atoms with Crippen molar-refractivity contribution in [2.75, 3.05) is 62.3 Å². The highest BCUT2D eigenvalue weighted by Crippen LogP contribution is 2.22. The third-order valence-electron chi connectivity index (χ3n) is 5.13. The number of anilines is 2. The molecule has 0 radical (unpaired) electrons. The molecule has 1 aromatic carbocycles. The van der Waals surface area contributed by atoms with Crippen molar-refractivity contribution in [1.29, 1.82) is 0 Å². The minimum Gasteiger partial charge on any atom is -0.378 e. The van der Waals surface area contributed by atoms with Gasteiger partial charge in [-0.05, 0) is 31.2 Å². The molecule has 0 spiro atoms. The average Bonchev–Trinajstić information content (AvgIpc) is 2.74. The Balaban J connectivity index is 1.42. The molecule has 0 bridgehead atoms. The fourth-order valence-corrected chi connectivity index (χ4v) is 3.83. The van der Waals surface area contributed by atoms with Gasteiger partial charge >= 0.3 is 0 Å². The van der Waals surface area contributed by atoms with Gasteiger partial charge in [0.15, 0.2) is 0 Å². The number of amides is 1. The van der Waals surface area contributed by atoms with Crippen LogP contribution < -0.4 is 9.80 Å². The Kier molecular flexibility index (Phi) is 5.77. The van der Waals surface area contributed by atoms with Gasteiger partial charge in [0, 0.05) is 55.4 Å². The van der Waals surface area contributed by atoms with Gasteiger partial charge in [-0.2, -0.15) is 0 Å². The summed E-state index contributed by atoms with van der Waals surface area (Å²) < 4.78 is 6.42. The van der Waals surface area contributed by atoms with Crippen molar-refractivity contribution < 1.29 is 9.53 Å². The highest BCUT2D eigenvalue weighted by Gasteiger charge is 2.24. The van der Waals surface area contributed by atoms with E-state index in [0.29, 0.717) is 13.1 Å². The fourth-order valence-electron chi connectivity index (χ4n) is 3.57. The molecular formula is C20H24BrN5O2. The summed E-state index contributed by atoms with van der Waals surface area (Å²) in [5, 5.41) is 0. The van der Waals surface area contributed by atoms with Crippen LogP contribution in [0, 0.1) is 6.92 Å². The molecule has 0 N–H and O–H groups in total. The van der Waals surface area contributed by atoms with Crippen LogP contribution in [0.4, 0.5) is 11.6 Å². The molecule has 2 fully saturated rings. The minimum absolute atomic E-state index is 0.0834. The van der Waals surface area contributed by atoms with E-state index in [0.717, 1.165) is 66.9 Å². The molecule has 3 heterocycles. The van der Waals surface area contributed by atoms with E-state index in [-0.39, 0.29) is 5.91 Å². The number of nitrogens with zero attached hydrogens (tertiary/aromatic N) is 5. The van der Waals surface area contributed by atoms with Crippen molar-refractivity contribution in [3.05, 3.63) is 46.2 Å². The SMILES string of the molecule is Cc1nc(N2CCOCC2)cc(N2CCN(C(=O)c3ccc(Br)cc3)CC2)n1. The molecule has 7 nitrogen and oxygen atoms in total. The molecule has 1 amide bonds. The number of ether oxygens (including phenoxy) is 1. The van der Waals surface area contributed by atoms with Crippen LogP contribution >= 0.6 is 15.9 Å². The Hall–Kier alpha value is -2.19. The summed E-state index contributed by atoms with van der Waals surface area (Å²) in [7, 11) is 0. The number of aromatic nitrogens is 2. The van der Waals surface area contributed by atoms with Crippen molar-refractivity contribution in [1.82, 2.24) is 14.9 Å². The molecule has 2 aromatic rings. The second-order valence-corrected chi connectivity index (χ2v) is 7.93. The molecule has 8 heteroatoms. The Morgan fingerprint density at radius 2 is 1.50 bits per heavy atom. The summed E-state index contributed by atoms with van der Waals surface area (Å²) >= 11 is 3.41. The number of carbonyl (C=O) groups is 1. The van der Waals surface area contributed by atoms with Crippen LogP contribution in [0.2, 0.25) is 0 Å². The molecule has 0 atom stereocenters. The van der Waals surface area contributed by atoms with Gasteiger partial charge in [0.2, 0.25) is 0 Å². The smallest absolute Gasteiger partial charge is 0.253 e. The fraction of sp³-hybridized carbons (Fsp3) is 0.450. The van der Waals surface area contributed by atoms with Crippen molar-refractivity contribution in [2.24, 2.45) is 0 Å². The number of benzene rings is 1. The maximum Gasteiger partial charge on any atom is 0.253 e. The first-order valence-corrected chi connectivity index (χ1v) is 10.4. The molecule has 0 saturated carbocycles. The van der Waals surface area contributed by atoms with E-state index in [2.05, 4.69) is 41.8 Å². The normalized spacial score (nSPS) is 17.7. The molecular weight excluding hydrogens is 422 g/mol. The molecule has 0 aliphatic carbocycles. The van der Waals surface area contributed by atoms with Crippen LogP contribution in [0.5, 0.6) is 0 Å². The molecule has 0 unspecified atom stereocenters. The van der Waals surface area contributed by atoms with Crippen molar-refractivity contribution in [2.45, 2.75) is 6.92 Å². The molecule has 2 saturated heterocycles. The number of rotatable bonds is 3. The van der Waals surface area contributed by atoms with Crippen molar-refractivity contribution in [3.63, 3.8) is 0 Å². The summed E-state index contributed by atoms with van der Waals surface area (Å²) in [5.74, 6) is 2.75. The number of carbonyl (C=O) groups excluding carboxylic acids is 1. The monoisotopic (exact) mass is 445 g/mol. The molecule has 4 rings (SSSR count). The van der Waals surface area contributed by atoms with Crippen molar-refractivity contribution in [3.8, 4) is 0 Å². The predicted octanol–water partition coefficient (Wildman–Crippen LogP) is 2.35. The highest BCUT2D eigenvalue weighted by molar-refractivity contribution is 9.10.